The Labute approximate surface area is 182 Å². The number of aromatic nitrogens is 3. The molecule has 31 heavy (non-hydrogen) atoms. The van der Waals surface area contributed by atoms with Gasteiger partial charge in [0.1, 0.15) is 18.3 Å². The number of phenols is 1. The van der Waals surface area contributed by atoms with E-state index in [0.717, 1.165) is 11.8 Å². The van der Waals surface area contributed by atoms with E-state index >= 15 is 0 Å². The molecular formula is C18H13ClF3N5O3S. The van der Waals surface area contributed by atoms with Crippen LogP contribution in [0.2, 0.25) is 5.02 Å². The van der Waals surface area contributed by atoms with Crippen LogP contribution in [0.4, 0.5) is 13.2 Å². The highest BCUT2D eigenvalue weighted by atomic mass is 35.5. The summed E-state index contributed by atoms with van der Waals surface area (Å²) < 4.78 is 41.7. The summed E-state index contributed by atoms with van der Waals surface area (Å²) in [5.74, 6) is -1.31. The van der Waals surface area contributed by atoms with Gasteiger partial charge in [0.2, 0.25) is 5.91 Å². The zero-order valence-corrected chi connectivity index (χ0v) is 17.2. The van der Waals surface area contributed by atoms with E-state index in [2.05, 4.69) is 15.0 Å². The maximum atomic E-state index is 12.2. The predicted molar refractivity (Wildman–Crippen MR) is 107 cm³/mol. The van der Waals surface area contributed by atoms with Gasteiger partial charge in [-0.2, -0.15) is 18.4 Å². The molecule has 0 radical (unpaired) electrons. The van der Waals surface area contributed by atoms with Gasteiger partial charge in [0.05, 0.1) is 34.5 Å². The van der Waals surface area contributed by atoms with Crippen molar-refractivity contribution in [2.45, 2.75) is 11.3 Å². The Morgan fingerprint density at radius 3 is 2.81 bits per heavy atom. The molecule has 0 aliphatic rings. The maximum Gasteiger partial charge on any atom is 0.405 e. The molecular weight excluding hydrogens is 459 g/mol. The summed E-state index contributed by atoms with van der Waals surface area (Å²) in [6, 6.07) is 4.68. The highest BCUT2D eigenvalue weighted by Gasteiger charge is 2.27. The Hall–Kier alpha value is -3.17. The van der Waals surface area contributed by atoms with Gasteiger partial charge in [0.15, 0.2) is 16.7 Å². The first-order valence-corrected chi connectivity index (χ1v) is 9.81. The number of nitrogens with one attached hydrogen (secondary N) is 2. The summed E-state index contributed by atoms with van der Waals surface area (Å²) in [5, 5.41) is 21.9. The molecule has 0 saturated carbocycles. The number of benzene rings is 1. The molecule has 0 atom stereocenters. The summed E-state index contributed by atoms with van der Waals surface area (Å²) >= 11 is 7.12. The molecule has 0 spiro atoms. The van der Waals surface area contributed by atoms with Crippen molar-refractivity contribution in [1.82, 2.24) is 20.3 Å². The molecule has 1 aromatic carbocycles. The third kappa shape index (κ3) is 5.12. The molecule has 0 bridgehead atoms. The van der Waals surface area contributed by atoms with Crippen LogP contribution in [0.15, 0.2) is 23.5 Å². The Bertz CT molecular complexity index is 1190. The molecule has 0 saturated heterocycles. The number of phenolic OH excluding ortho intramolecular Hbond substituents is 1. The molecule has 162 valence electrons. The third-order valence-electron chi connectivity index (χ3n) is 3.97. The Kier molecular flexibility index (Phi) is 6.47. The van der Waals surface area contributed by atoms with Gasteiger partial charge in [0.25, 0.3) is 0 Å². The van der Waals surface area contributed by atoms with Crippen LogP contribution in [0.25, 0.3) is 22.3 Å². The first kappa shape index (κ1) is 22.5. The van der Waals surface area contributed by atoms with Crippen LogP contribution in [0.5, 0.6) is 11.5 Å². The van der Waals surface area contributed by atoms with Crippen molar-refractivity contribution >= 4 is 40.3 Å². The lowest BCUT2D eigenvalue weighted by Gasteiger charge is -2.11. The fourth-order valence-electron chi connectivity index (χ4n) is 2.63. The van der Waals surface area contributed by atoms with Crippen molar-refractivity contribution in [2.75, 3.05) is 19.4 Å². The Morgan fingerprint density at radius 2 is 2.16 bits per heavy atom. The number of carbonyl (C=O) groups is 1. The van der Waals surface area contributed by atoms with Crippen LogP contribution in [-0.2, 0) is 4.79 Å². The van der Waals surface area contributed by atoms with Gasteiger partial charge in [0, 0.05) is 17.8 Å². The second-order valence-electron chi connectivity index (χ2n) is 6.08. The topological polar surface area (TPSA) is 124 Å². The van der Waals surface area contributed by atoms with E-state index in [1.54, 1.807) is 5.32 Å². The van der Waals surface area contributed by atoms with E-state index in [1.165, 1.54) is 25.4 Å². The SMILES string of the molecule is COc1cc(Cl)c(-c2nc(SCC(=O)NCC(F)(F)F)nc3[nH]cc(C#N)c23)cc1O. The lowest BCUT2D eigenvalue weighted by atomic mass is 10.1. The van der Waals surface area contributed by atoms with E-state index in [9.17, 15) is 28.3 Å². The van der Waals surface area contributed by atoms with Crippen LogP contribution in [0, 0.1) is 11.3 Å². The number of amides is 1. The zero-order valence-electron chi connectivity index (χ0n) is 15.7. The molecule has 2 heterocycles. The number of fused-ring (bicyclic) bond motifs is 1. The van der Waals surface area contributed by atoms with Crippen molar-refractivity contribution in [3.63, 3.8) is 0 Å². The summed E-state index contributed by atoms with van der Waals surface area (Å²) in [7, 11) is 1.35. The Balaban J connectivity index is 1.99. The monoisotopic (exact) mass is 471 g/mol. The minimum absolute atomic E-state index is 0.0578. The number of H-pyrrole nitrogens is 1. The standard InChI is InChI=1S/C18H13ClF3N5O3S/c1-30-12-3-10(19)9(2-11(12)28)15-14-8(4-23)5-24-16(14)27-17(26-15)31-6-13(29)25-7-18(20,21)22/h2-3,5,28H,6-7H2,1H3,(H,25,29)(H,24,26,27). The number of nitriles is 1. The summed E-state index contributed by atoms with van der Waals surface area (Å²) in [5.41, 5.74) is 0.942. The fraction of sp³-hybridized carbons (Fsp3) is 0.222. The second kappa shape index (κ2) is 8.91. The fourth-order valence-corrected chi connectivity index (χ4v) is 3.55. The average Bonchev–Trinajstić information content (AvgIpc) is 3.14. The average molecular weight is 472 g/mol. The Morgan fingerprint density at radius 1 is 1.42 bits per heavy atom. The van der Waals surface area contributed by atoms with Crippen LogP contribution in [0.1, 0.15) is 5.56 Å². The van der Waals surface area contributed by atoms with E-state index in [-0.39, 0.29) is 49.9 Å². The number of carbonyl (C=O) groups excluding carboxylic acids is 1. The van der Waals surface area contributed by atoms with Gasteiger partial charge in [-0.05, 0) is 6.07 Å². The third-order valence-corrected chi connectivity index (χ3v) is 5.13. The highest BCUT2D eigenvalue weighted by molar-refractivity contribution is 7.99. The number of halogens is 4. The lowest BCUT2D eigenvalue weighted by Crippen LogP contribution is -2.34. The summed E-state index contributed by atoms with van der Waals surface area (Å²) in [4.78, 5) is 23.0. The number of rotatable bonds is 6. The minimum atomic E-state index is -4.52. The molecule has 0 aliphatic carbocycles. The van der Waals surface area contributed by atoms with E-state index in [1.807, 2.05) is 6.07 Å². The molecule has 13 heteroatoms. The van der Waals surface area contributed by atoms with Crippen LogP contribution < -0.4 is 10.1 Å². The lowest BCUT2D eigenvalue weighted by molar-refractivity contribution is -0.136. The number of hydrogen-bond donors (Lipinski definition) is 3. The van der Waals surface area contributed by atoms with Crippen molar-refractivity contribution < 1.29 is 27.8 Å². The smallest absolute Gasteiger partial charge is 0.405 e. The number of aromatic hydroxyl groups is 1. The van der Waals surface area contributed by atoms with E-state index in [4.69, 9.17) is 16.3 Å². The first-order valence-electron chi connectivity index (χ1n) is 8.45. The summed E-state index contributed by atoms with van der Waals surface area (Å²) in [6.07, 6.45) is -3.11. The first-order chi connectivity index (χ1) is 14.6. The molecule has 0 unspecified atom stereocenters. The normalized spacial score (nSPS) is 11.4. The minimum Gasteiger partial charge on any atom is -0.504 e. The van der Waals surface area contributed by atoms with Crippen LogP contribution in [0.3, 0.4) is 0 Å². The maximum absolute atomic E-state index is 12.2. The quantitative estimate of drug-likeness (QED) is 0.370. The van der Waals surface area contributed by atoms with Gasteiger partial charge in [-0.3, -0.25) is 4.79 Å². The number of nitrogens with zero attached hydrogens (tertiary/aromatic N) is 3. The van der Waals surface area contributed by atoms with Gasteiger partial charge >= 0.3 is 6.18 Å². The molecule has 8 nitrogen and oxygen atoms in total. The van der Waals surface area contributed by atoms with Crippen LogP contribution >= 0.6 is 23.4 Å². The molecule has 3 aromatic rings. The highest BCUT2D eigenvalue weighted by Crippen LogP contribution is 2.40. The molecule has 0 aliphatic heterocycles. The number of aromatic amines is 1. The summed E-state index contributed by atoms with van der Waals surface area (Å²) in [6.45, 7) is -1.44. The van der Waals surface area contributed by atoms with Gasteiger partial charge < -0.3 is 20.1 Å². The van der Waals surface area contributed by atoms with E-state index in [0.29, 0.717) is 5.39 Å². The molecule has 3 rings (SSSR count). The van der Waals surface area contributed by atoms with Crippen molar-refractivity contribution in [1.29, 1.82) is 5.26 Å². The number of alkyl halides is 3. The molecule has 1 amide bonds. The van der Waals surface area contributed by atoms with Crippen molar-refractivity contribution in [3.05, 3.63) is 28.9 Å². The molecule has 3 N–H and O–H groups in total. The predicted octanol–water partition coefficient (Wildman–Crippen LogP) is 3.63. The number of methoxy groups -OCH3 is 1. The van der Waals surface area contributed by atoms with Gasteiger partial charge in [-0.25, -0.2) is 9.97 Å². The van der Waals surface area contributed by atoms with E-state index < -0.39 is 18.6 Å². The van der Waals surface area contributed by atoms with Crippen LogP contribution in [-0.4, -0.2) is 51.5 Å². The van der Waals surface area contributed by atoms with Gasteiger partial charge in [-0.15, -0.1) is 0 Å². The number of thioether (sulfide) groups is 1. The largest absolute Gasteiger partial charge is 0.504 e. The number of hydrogen-bond acceptors (Lipinski definition) is 7. The second-order valence-corrected chi connectivity index (χ2v) is 7.43. The van der Waals surface area contributed by atoms with Gasteiger partial charge in [-0.1, -0.05) is 23.4 Å². The molecule has 2 aromatic heterocycles. The van der Waals surface area contributed by atoms with Crippen molar-refractivity contribution in [3.8, 4) is 28.8 Å². The van der Waals surface area contributed by atoms with Crippen molar-refractivity contribution in [2.24, 2.45) is 0 Å². The number of ether oxygens (including phenoxy) is 1. The molecule has 0 fully saturated rings. The zero-order chi connectivity index (χ0) is 22.8.